The summed E-state index contributed by atoms with van der Waals surface area (Å²) in [7, 11) is 0. The fourth-order valence-corrected chi connectivity index (χ4v) is 6.50. The fourth-order valence-electron chi connectivity index (χ4n) is 5.69. The second kappa shape index (κ2) is 16.4. The van der Waals surface area contributed by atoms with E-state index in [0.29, 0.717) is 56.0 Å². The van der Waals surface area contributed by atoms with Crippen molar-refractivity contribution in [3.63, 3.8) is 0 Å². The lowest BCUT2D eigenvalue weighted by Crippen LogP contribution is -2.46. The van der Waals surface area contributed by atoms with Gasteiger partial charge in [-0.2, -0.15) is 0 Å². The van der Waals surface area contributed by atoms with Gasteiger partial charge < -0.3 is 39.6 Å². The Morgan fingerprint density at radius 3 is 2.49 bits per heavy atom. The molecule has 2 amide bonds. The van der Waals surface area contributed by atoms with Crippen molar-refractivity contribution in [3.05, 3.63) is 58.6 Å². The molecule has 0 saturated carbocycles. The van der Waals surface area contributed by atoms with E-state index in [1.807, 2.05) is 38.1 Å². The van der Waals surface area contributed by atoms with Gasteiger partial charge >= 0.3 is 0 Å². The Labute approximate surface area is 267 Å². The second-order valence-corrected chi connectivity index (χ2v) is 12.2. The van der Waals surface area contributed by atoms with Gasteiger partial charge in [-0.25, -0.2) is 4.98 Å². The number of benzene rings is 1. The summed E-state index contributed by atoms with van der Waals surface area (Å²) in [6.45, 7) is 7.28. The van der Waals surface area contributed by atoms with Crippen LogP contribution in [0.25, 0.3) is 10.4 Å². The van der Waals surface area contributed by atoms with E-state index >= 15 is 0 Å². The Balaban J connectivity index is 1.51. The molecule has 1 aliphatic rings. The third-order valence-electron chi connectivity index (χ3n) is 8.11. The number of amides is 2. The van der Waals surface area contributed by atoms with Crippen LogP contribution in [0.1, 0.15) is 61.2 Å². The Bertz CT molecular complexity index is 1380. The zero-order chi connectivity index (χ0) is 32.4. The third kappa shape index (κ3) is 8.96. The van der Waals surface area contributed by atoms with Gasteiger partial charge in [-0.05, 0) is 44.6 Å². The molecule has 12 nitrogen and oxygen atoms in total. The van der Waals surface area contributed by atoms with E-state index in [0.717, 1.165) is 16.1 Å². The van der Waals surface area contributed by atoms with Crippen molar-refractivity contribution < 1.29 is 38.5 Å². The van der Waals surface area contributed by atoms with Crippen LogP contribution in [0, 0.1) is 19.8 Å². The number of rotatable bonds is 18. The van der Waals surface area contributed by atoms with E-state index in [9.17, 15) is 14.7 Å². The summed E-state index contributed by atoms with van der Waals surface area (Å²) in [4.78, 5) is 33.0. The molecule has 0 spiro atoms. The molecule has 0 bridgehead atoms. The number of ether oxygens (including phenoxy) is 3. The number of nitrogens with two attached hydrogens (primary N) is 1. The number of thiazole rings is 1. The Morgan fingerprint density at radius 1 is 1.16 bits per heavy atom. The minimum Gasteiger partial charge on any atom is -0.394 e. The first-order valence-electron chi connectivity index (χ1n) is 15.3. The maximum absolute atomic E-state index is 13.9. The number of likely N-dealkylation sites (tertiary alicyclic amines) is 1. The smallest absolute Gasteiger partial charge is 0.240 e. The number of carbonyl (C=O) groups is 2. The van der Waals surface area contributed by atoms with E-state index in [1.54, 1.807) is 34.7 Å². The van der Waals surface area contributed by atoms with Crippen LogP contribution < -0.4 is 5.73 Å². The van der Waals surface area contributed by atoms with Gasteiger partial charge in [0.2, 0.25) is 11.8 Å². The van der Waals surface area contributed by atoms with Crippen LogP contribution in [0.15, 0.2) is 40.4 Å². The van der Waals surface area contributed by atoms with Crippen LogP contribution in [0.5, 0.6) is 0 Å². The first-order valence-corrected chi connectivity index (χ1v) is 16.2. The highest BCUT2D eigenvalue weighted by Gasteiger charge is 2.41. The summed E-state index contributed by atoms with van der Waals surface area (Å²) in [6.07, 6.45) is 1.77. The molecule has 0 radical (unpaired) electrons. The average Bonchev–Trinajstić information content (AvgIpc) is 3.79. The van der Waals surface area contributed by atoms with Crippen LogP contribution in [-0.4, -0.2) is 89.3 Å². The standard InChI is InChI=1S/C32H44N4O8S/c1-21(28(27-19-22(2)35-44-27)31(39)36-12-4-5-26(36)30(33)38)10-11-32(40,43-18-17-42-16-15-41-14-13-37)25-8-6-24(7-9-25)29-23(3)34-20-45-29/h6-9,19-21,26,28,37,40H,4-5,10-18H2,1-3H3,(H2,33,38)/t21-,26-,28+,32-/m1/s1. The Morgan fingerprint density at radius 2 is 1.87 bits per heavy atom. The molecule has 1 fully saturated rings. The molecule has 45 heavy (non-hydrogen) atoms. The number of aryl methyl sites for hydroxylation is 2. The SMILES string of the molecule is Cc1cc([C@@H](C(=O)N2CCC[C@@H]2C(N)=O)[C@H](C)CC[C@@](O)(OCCOCCOCCO)c2ccc(-c3scnc3C)cc2)on1. The summed E-state index contributed by atoms with van der Waals surface area (Å²) in [5, 5.41) is 24.8. The van der Waals surface area contributed by atoms with E-state index < -0.39 is 23.7 Å². The zero-order valence-electron chi connectivity index (χ0n) is 26.1. The van der Waals surface area contributed by atoms with Gasteiger partial charge in [0.15, 0.2) is 5.79 Å². The second-order valence-electron chi connectivity index (χ2n) is 11.4. The van der Waals surface area contributed by atoms with Crippen molar-refractivity contribution in [2.75, 3.05) is 46.2 Å². The summed E-state index contributed by atoms with van der Waals surface area (Å²) in [6, 6.07) is 8.62. The maximum Gasteiger partial charge on any atom is 0.240 e. The first-order chi connectivity index (χ1) is 21.6. The monoisotopic (exact) mass is 644 g/mol. The molecule has 1 saturated heterocycles. The number of primary amides is 1. The Kier molecular flexibility index (Phi) is 12.6. The molecular weight excluding hydrogens is 600 g/mol. The molecule has 246 valence electrons. The molecule has 2 aromatic heterocycles. The third-order valence-corrected chi connectivity index (χ3v) is 9.09. The highest BCUT2D eigenvalue weighted by atomic mass is 32.1. The molecule has 13 heteroatoms. The van der Waals surface area contributed by atoms with Crippen molar-refractivity contribution >= 4 is 23.2 Å². The molecule has 4 atom stereocenters. The minimum atomic E-state index is -1.68. The molecule has 3 aromatic rings. The number of aliphatic hydroxyl groups is 2. The normalized spacial score (nSPS) is 17.7. The highest BCUT2D eigenvalue weighted by Crippen LogP contribution is 2.38. The summed E-state index contributed by atoms with van der Waals surface area (Å²) >= 11 is 1.55. The highest BCUT2D eigenvalue weighted by molar-refractivity contribution is 7.13. The van der Waals surface area contributed by atoms with Gasteiger partial charge in [-0.15, -0.1) is 11.3 Å². The van der Waals surface area contributed by atoms with Gasteiger partial charge in [0.1, 0.15) is 17.7 Å². The lowest BCUT2D eigenvalue weighted by molar-refractivity contribution is -0.225. The molecule has 0 aliphatic carbocycles. The molecule has 4 N–H and O–H groups in total. The van der Waals surface area contributed by atoms with E-state index in [2.05, 4.69) is 10.1 Å². The summed E-state index contributed by atoms with van der Waals surface area (Å²) in [5.41, 5.74) is 10.6. The summed E-state index contributed by atoms with van der Waals surface area (Å²) < 4.78 is 22.5. The molecular formula is C32H44N4O8S. The molecule has 1 aromatic carbocycles. The number of nitrogens with zero attached hydrogens (tertiary/aromatic N) is 3. The predicted molar refractivity (Wildman–Crippen MR) is 167 cm³/mol. The minimum absolute atomic E-state index is 0.0534. The molecule has 1 aliphatic heterocycles. The van der Waals surface area contributed by atoms with Crippen LogP contribution in [0.2, 0.25) is 0 Å². The average molecular weight is 645 g/mol. The summed E-state index contributed by atoms with van der Waals surface area (Å²) in [5.74, 6) is -3.08. The molecule has 4 rings (SSSR count). The number of carbonyl (C=O) groups excluding carboxylic acids is 2. The van der Waals surface area contributed by atoms with Gasteiger partial charge in [-0.1, -0.05) is 36.3 Å². The van der Waals surface area contributed by atoms with Gasteiger partial charge in [0.05, 0.1) is 61.4 Å². The Hall–Kier alpha value is -3.20. The number of hydrogen-bond acceptors (Lipinski definition) is 11. The van der Waals surface area contributed by atoms with Crippen LogP contribution in [0.4, 0.5) is 0 Å². The largest absolute Gasteiger partial charge is 0.394 e. The van der Waals surface area contributed by atoms with E-state index in [-0.39, 0.29) is 44.7 Å². The van der Waals surface area contributed by atoms with Gasteiger partial charge in [0, 0.05) is 24.6 Å². The van der Waals surface area contributed by atoms with Crippen LogP contribution in [-0.2, 0) is 29.6 Å². The van der Waals surface area contributed by atoms with Crippen LogP contribution >= 0.6 is 11.3 Å². The lowest BCUT2D eigenvalue weighted by Gasteiger charge is -2.33. The molecule has 3 heterocycles. The van der Waals surface area contributed by atoms with Crippen molar-refractivity contribution in [3.8, 4) is 10.4 Å². The quantitative estimate of drug-likeness (QED) is 0.138. The number of aromatic nitrogens is 2. The van der Waals surface area contributed by atoms with E-state index in [4.69, 9.17) is 29.6 Å². The zero-order valence-corrected chi connectivity index (χ0v) is 27.0. The van der Waals surface area contributed by atoms with Crippen molar-refractivity contribution in [2.45, 2.75) is 64.2 Å². The fraction of sp³-hybridized carbons (Fsp3) is 0.562. The van der Waals surface area contributed by atoms with Crippen molar-refractivity contribution in [1.29, 1.82) is 0 Å². The van der Waals surface area contributed by atoms with Crippen LogP contribution in [0.3, 0.4) is 0 Å². The first kappa shape index (κ1) is 34.7. The van der Waals surface area contributed by atoms with Gasteiger partial charge in [0.25, 0.3) is 0 Å². The van der Waals surface area contributed by atoms with E-state index in [1.165, 1.54) is 0 Å². The topological polar surface area (TPSA) is 170 Å². The lowest BCUT2D eigenvalue weighted by atomic mass is 9.84. The maximum atomic E-state index is 13.9. The number of hydrogen-bond donors (Lipinski definition) is 3. The molecule has 0 unspecified atom stereocenters. The van der Waals surface area contributed by atoms with Gasteiger partial charge in [-0.3, -0.25) is 9.59 Å². The van der Waals surface area contributed by atoms with Crippen molar-refractivity contribution in [1.82, 2.24) is 15.0 Å². The predicted octanol–water partition coefficient (Wildman–Crippen LogP) is 3.28. The van der Waals surface area contributed by atoms with Crippen molar-refractivity contribution in [2.24, 2.45) is 11.7 Å². The number of aliphatic hydroxyl groups excluding tert-OH is 1.